The van der Waals surface area contributed by atoms with Crippen LogP contribution in [-0.4, -0.2) is 40.5 Å². The van der Waals surface area contributed by atoms with Crippen LogP contribution in [0.4, 0.5) is 0 Å². The topological polar surface area (TPSA) is 80.3 Å². The van der Waals surface area contributed by atoms with Gasteiger partial charge in [-0.15, -0.1) is 24.0 Å². The molecule has 2 aromatic heterocycles. The summed E-state index contributed by atoms with van der Waals surface area (Å²) in [5.41, 5.74) is 5.73. The highest BCUT2D eigenvalue weighted by Crippen LogP contribution is 2.14. The number of aryl methyl sites for hydroxylation is 4. The summed E-state index contributed by atoms with van der Waals surface area (Å²) in [6, 6.07) is 0.256. The first-order valence-corrected chi connectivity index (χ1v) is 8.71. The lowest BCUT2D eigenvalue weighted by molar-refractivity contribution is 0.392. The van der Waals surface area contributed by atoms with Crippen LogP contribution in [0.5, 0.6) is 0 Å². The van der Waals surface area contributed by atoms with E-state index in [2.05, 4.69) is 46.7 Å². The summed E-state index contributed by atoms with van der Waals surface area (Å²) in [7, 11) is 3.78. The Balaban J connectivity index is 0.00000338. The quantitative estimate of drug-likeness (QED) is 0.382. The number of aliphatic imine (C=N–C) groups is 1. The Hall–Kier alpha value is -1.58. The molecule has 2 rings (SSSR count). The lowest BCUT2D eigenvalue weighted by Gasteiger charge is -2.18. The summed E-state index contributed by atoms with van der Waals surface area (Å²) in [5, 5.41) is 15.3. The van der Waals surface area contributed by atoms with Crippen LogP contribution in [0.2, 0.25) is 0 Å². The lowest BCUT2D eigenvalue weighted by Crippen LogP contribution is -2.43. The van der Waals surface area contributed by atoms with Crippen molar-refractivity contribution < 1.29 is 4.52 Å². The van der Waals surface area contributed by atoms with E-state index in [1.54, 1.807) is 7.05 Å². The monoisotopic (exact) mass is 474 g/mol. The predicted molar refractivity (Wildman–Crippen MR) is 115 cm³/mol. The largest absolute Gasteiger partial charge is 0.361 e. The highest BCUT2D eigenvalue weighted by Gasteiger charge is 2.14. The number of nitrogens with one attached hydrogen (secondary N) is 2. The molecule has 0 radical (unpaired) electrons. The first-order chi connectivity index (χ1) is 11.8. The maximum atomic E-state index is 5.20. The molecule has 1 unspecified atom stereocenters. The first-order valence-electron chi connectivity index (χ1n) is 8.71. The molecule has 0 fully saturated rings. The normalized spacial score (nSPS) is 12.7. The van der Waals surface area contributed by atoms with Crippen molar-refractivity contribution in [2.75, 3.05) is 13.6 Å². The molecule has 0 aliphatic carbocycles. The van der Waals surface area contributed by atoms with Gasteiger partial charge in [0.1, 0.15) is 5.76 Å². The van der Waals surface area contributed by atoms with Crippen molar-refractivity contribution in [2.24, 2.45) is 12.0 Å². The van der Waals surface area contributed by atoms with E-state index in [1.165, 1.54) is 11.3 Å². The van der Waals surface area contributed by atoms with Crippen LogP contribution < -0.4 is 10.6 Å². The van der Waals surface area contributed by atoms with Gasteiger partial charge in [-0.3, -0.25) is 9.67 Å². The molecule has 8 heteroatoms. The zero-order valence-electron chi connectivity index (χ0n) is 16.8. The van der Waals surface area contributed by atoms with Crippen LogP contribution in [0.3, 0.4) is 0 Å². The zero-order valence-corrected chi connectivity index (χ0v) is 19.1. The van der Waals surface area contributed by atoms with E-state index in [1.807, 2.05) is 25.6 Å². The minimum Gasteiger partial charge on any atom is -0.361 e. The van der Waals surface area contributed by atoms with Crippen LogP contribution in [-0.2, 0) is 19.9 Å². The molecular weight excluding hydrogens is 443 g/mol. The number of hydrogen-bond acceptors (Lipinski definition) is 4. The van der Waals surface area contributed by atoms with Gasteiger partial charge >= 0.3 is 0 Å². The Morgan fingerprint density at radius 2 is 1.88 bits per heavy atom. The molecule has 0 aliphatic rings. The van der Waals surface area contributed by atoms with Crippen molar-refractivity contribution in [3.05, 3.63) is 34.0 Å². The van der Waals surface area contributed by atoms with Crippen molar-refractivity contribution in [3.63, 3.8) is 0 Å². The lowest BCUT2D eigenvalue weighted by atomic mass is 10.1. The Morgan fingerprint density at radius 1 is 1.19 bits per heavy atom. The van der Waals surface area contributed by atoms with E-state index < -0.39 is 0 Å². The molecule has 7 nitrogen and oxygen atoms in total. The summed E-state index contributed by atoms with van der Waals surface area (Å²) >= 11 is 0. The van der Waals surface area contributed by atoms with Gasteiger partial charge in [-0.25, -0.2) is 0 Å². The minimum absolute atomic E-state index is 0. The predicted octanol–water partition coefficient (Wildman–Crippen LogP) is 2.60. The van der Waals surface area contributed by atoms with Gasteiger partial charge in [0.15, 0.2) is 5.96 Å². The number of halogens is 1. The van der Waals surface area contributed by atoms with E-state index in [4.69, 9.17) is 4.52 Å². The van der Waals surface area contributed by atoms with Gasteiger partial charge in [-0.2, -0.15) is 5.10 Å². The molecule has 2 N–H and O–H groups in total. The van der Waals surface area contributed by atoms with E-state index >= 15 is 0 Å². The second kappa shape index (κ2) is 9.94. The summed E-state index contributed by atoms with van der Waals surface area (Å²) < 4.78 is 7.14. The second-order valence-electron chi connectivity index (χ2n) is 6.57. The van der Waals surface area contributed by atoms with Crippen molar-refractivity contribution in [1.82, 2.24) is 25.6 Å². The Kier molecular flexibility index (Phi) is 8.58. The van der Waals surface area contributed by atoms with Crippen molar-refractivity contribution >= 4 is 29.9 Å². The molecule has 0 aromatic carbocycles. The molecule has 2 aromatic rings. The zero-order chi connectivity index (χ0) is 18.6. The third-order valence-corrected chi connectivity index (χ3v) is 4.62. The van der Waals surface area contributed by atoms with Gasteiger partial charge < -0.3 is 15.2 Å². The van der Waals surface area contributed by atoms with Crippen molar-refractivity contribution in [3.8, 4) is 0 Å². The van der Waals surface area contributed by atoms with Crippen molar-refractivity contribution in [1.29, 1.82) is 0 Å². The Labute approximate surface area is 173 Å². The van der Waals surface area contributed by atoms with E-state index in [0.717, 1.165) is 48.1 Å². The molecule has 0 saturated carbocycles. The van der Waals surface area contributed by atoms with Crippen LogP contribution in [0, 0.1) is 27.7 Å². The number of guanidine groups is 1. The summed E-state index contributed by atoms with van der Waals surface area (Å²) in [4.78, 5) is 4.32. The van der Waals surface area contributed by atoms with Gasteiger partial charge in [0.05, 0.1) is 11.4 Å². The molecule has 0 bridgehead atoms. The fourth-order valence-corrected chi connectivity index (χ4v) is 3.06. The fraction of sp³-hybridized carbons (Fsp3) is 0.611. The molecule has 0 amide bonds. The molecule has 0 spiro atoms. The number of nitrogens with zero attached hydrogens (tertiary/aromatic N) is 4. The third-order valence-electron chi connectivity index (χ3n) is 4.62. The van der Waals surface area contributed by atoms with Crippen LogP contribution >= 0.6 is 24.0 Å². The summed E-state index contributed by atoms with van der Waals surface area (Å²) in [6.45, 7) is 11.0. The maximum absolute atomic E-state index is 5.20. The molecule has 146 valence electrons. The van der Waals surface area contributed by atoms with E-state index in [9.17, 15) is 0 Å². The Morgan fingerprint density at radius 3 is 2.38 bits per heavy atom. The van der Waals surface area contributed by atoms with Crippen LogP contribution in [0.25, 0.3) is 0 Å². The van der Waals surface area contributed by atoms with Crippen LogP contribution in [0.15, 0.2) is 9.52 Å². The SMILES string of the molecule is CN=C(NCCc1c(C)noc1C)NC(C)Cc1c(C)nn(C)c1C.I. The first kappa shape index (κ1) is 22.5. The van der Waals surface area contributed by atoms with Gasteiger partial charge in [-0.1, -0.05) is 5.16 Å². The maximum Gasteiger partial charge on any atom is 0.191 e. The van der Waals surface area contributed by atoms with Gasteiger partial charge in [-0.05, 0) is 53.0 Å². The number of rotatable bonds is 6. The smallest absolute Gasteiger partial charge is 0.191 e. The van der Waals surface area contributed by atoms with Crippen molar-refractivity contribution in [2.45, 2.75) is 53.5 Å². The molecule has 1 atom stereocenters. The van der Waals surface area contributed by atoms with E-state index in [-0.39, 0.29) is 30.0 Å². The average Bonchev–Trinajstić information content (AvgIpc) is 3.00. The molecular formula is C18H31IN6O. The average molecular weight is 474 g/mol. The van der Waals surface area contributed by atoms with Gasteiger partial charge in [0.25, 0.3) is 0 Å². The number of hydrogen-bond donors (Lipinski definition) is 2. The molecule has 0 aliphatic heterocycles. The minimum atomic E-state index is 0. The summed E-state index contributed by atoms with van der Waals surface area (Å²) in [6.07, 6.45) is 1.77. The highest BCUT2D eigenvalue weighted by molar-refractivity contribution is 14.0. The van der Waals surface area contributed by atoms with Gasteiger partial charge in [0, 0.05) is 37.9 Å². The second-order valence-corrected chi connectivity index (χ2v) is 6.57. The standard InChI is InChI=1S/C18H30N6O.HI/c1-11(10-17-12(2)22-24(7)14(17)4)21-18(19-6)20-9-8-16-13(3)23-25-15(16)5;/h11H,8-10H2,1-7H3,(H2,19,20,21);1H. The number of aromatic nitrogens is 3. The molecule has 26 heavy (non-hydrogen) atoms. The Bertz CT molecular complexity index is 730. The fourth-order valence-electron chi connectivity index (χ4n) is 3.06. The summed E-state index contributed by atoms with van der Waals surface area (Å²) in [5.74, 6) is 1.69. The molecule has 2 heterocycles. The van der Waals surface area contributed by atoms with Gasteiger partial charge in [0.2, 0.25) is 0 Å². The molecule has 0 saturated heterocycles. The van der Waals surface area contributed by atoms with E-state index in [0.29, 0.717) is 0 Å². The highest BCUT2D eigenvalue weighted by atomic mass is 127. The van der Waals surface area contributed by atoms with Crippen LogP contribution in [0.1, 0.15) is 40.9 Å². The third kappa shape index (κ3) is 5.46.